The molecule has 0 saturated carbocycles. The zero-order valence-corrected chi connectivity index (χ0v) is 14.2. The Morgan fingerprint density at radius 3 is 2.70 bits per heavy atom. The van der Waals surface area contributed by atoms with E-state index in [0.717, 1.165) is 32.3 Å². The number of ether oxygens (including phenoxy) is 1. The number of nitrogens with one attached hydrogen (secondary N) is 1. The van der Waals surface area contributed by atoms with E-state index in [1.165, 1.54) is 25.9 Å². The highest BCUT2D eigenvalue weighted by atomic mass is 16.5. The molecule has 0 aromatic carbocycles. The smallest absolute Gasteiger partial charge is 0.0630 e. The first-order valence-electron chi connectivity index (χ1n) is 8.22. The van der Waals surface area contributed by atoms with Gasteiger partial charge in [0.15, 0.2) is 0 Å². The van der Waals surface area contributed by atoms with E-state index in [1.807, 2.05) is 0 Å². The Kier molecular flexibility index (Phi) is 8.69. The van der Waals surface area contributed by atoms with Crippen molar-refractivity contribution in [2.45, 2.75) is 45.7 Å². The fourth-order valence-corrected chi connectivity index (χ4v) is 3.07. The van der Waals surface area contributed by atoms with Gasteiger partial charge in [-0.1, -0.05) is 20.8 Å². The summed E-state index contributed by atoms with van der Waals surface area (Å²) >= 11 is 0. The van der Waals surface area contributed by atoms with Crippen LogP contribution in [0.2, 0.25) is 0 Å². The number of nitrogens with zero attached hydrogens (tertiary/aromatic N) is 2. The van der Waals surface area contributed by atoms with Gasteiger partial charge in [-0.3, -0.25) is 9.80 Å². The van der Waals surface area contributed by atoms with Gasteiger partial charge in [-0.2, -0.15) is 0 Å². The third-order valence-corrected chi connectivity index (χ3v) is 4.32. The minimum Gasteiger partial charge on any atom is -0.383 e. The molecule has 0 aromatic heterocycles. The predicted octanol–water partition coefficient (Wildman–Crippen LogP) is 1.66. The summed E-state index contributed by atoms with van der Waals surface area (Å²) in [6, 6.07) is 1.20. The van der Waals surface area contributed by atoms with E-state index in [0.29, 0.717) is 12.0 Å². The van der Waals surface area contributed by atoms with E-state index < -0.39 is 0 Å². The summed E-state index contributed by atoms with van der Waals surface area (Å²) in [5.41, 5.74) is 0. The molecule has 0 spiro atoms. The van der Waals surface area contributed by atoms with Crippen LogP contribution in [0.4, 0.5) is 0 Å². The van der Waals surface area contributed by atoms with Crippen LogP contribution in [-0.2, 0) is 4.74 Å². The summed E-state index contributed by atoms with van der Waals surface area (Å²) in [7, 11) is 4.05. The molecular formula is C16H35N3O. The lowest BCUT2D eigenvalue weighted by atomic mass is 10.1. The zero-order chi connectivity index (χ0) is 15.0. The minimum atomic E-state index is 0.470. The van der Waals surface area contributed by atoms with Crippen molar-refractivity contribution in [3.05, 3.63) is 0 Å². The Bertz CT molecular complexity index is 248. The maximum absolute atomic E-state index is 5.41. The molecule has 1 N–H and O–H groups in total. The lowest BCUT2D eigenvalue weighted by Crippen LogP contribution is -2.48. The van der Waals surface area contributed by atoms with Gasteiger partial charge in [0.05, 0.1) is 6.61 Å². The SMILES string of the molecule is CCN1CCCC1CN(C)C(CNCC(C)C)COC. The first kappa shape index (κ1) is 17.9. The third-order valence-electron chi connectivity index (χ3n) is 4.32. The highest BCUT2D eigenvalue weighted by Gasteiger charge is 2.26. The van der Waals surface area contributed by atoms with Crippen LogP contribution >= 0.6 is 0 Å². The average Bonchev–Trinajstić information content (AvgIpc) is 2.84. The van der Waals surface area contributed by atoms with Gasteiger partial charge in [-0.25, -0.2) is 0 Å². The number of hydrogen-bond acceptors (Lipinski definition) is 4. The molecule has 0 aromatic rings. The molecule has 2 unspecified atom stereocenters. The van der Waals surface area contributed by atoms with Gasteiger partial charge >= 0.3 is 0 Å². The first-order chi connectivity index (χ1) is 9.58. The van der Waals surface area contributed by atoms with E-state index in [4.69, 9.17) is 4.74 Å². The third kappa shape index (κ3) is 6.08. The molecule has 4 nitrogen and oxygen atoms in total. The van der Waals surface area contributed by atoms with Crippen LogP contribution in [0.15, 0.2) is 0 Å². The molecule has 1 rings (SSSR count). The number of likely N-dealkylation sites (tertiary alicyclic amines) is 1. The van der Waals surface area contributed by atoms with Gasteiger partial charge in [0, 0.05) is 32.3 Å². The molecule has 20 heavy (non-hydrogen) atoms. The topological polar surface area (TPSA) is 27.7 Å². The fourth-order valence-electron chi connectivity index (χ4n) is 3.07. The van der Waals surface area contributed by atoms with Gasteiger partial charge < -0.3 is 10.1 Å². The molecule has 1 aliphatic rings. The summed E-state index contributed by atoms with van der Waals surface area (Å²) in [4.78, 5) is 5.09. The Hall–Kier alpha value is -0.160. The van der Waals surface area contributed by atoms with Crippen LogP contribution in [0.3, 0.4) is 0 Å². The summed E-state index contributed by atoms with van der Waals surface area (Å²) < 4.78 is 5.41. The van der Waals surface area contributed by atoms with Crippen LogP contribution < -0.4 is 5.32 Å². The molecule has 0 amide bonds. The molecule has 1 heterocycles. The highest BCUT2D eigenvalue weighted by Crippen LogP contribution is 2.18. The van der Waals surface area contributed by atoms with Crippen molar-refractivity contribution in [2.24, 2.45) is 5.92 Å². The largest absolute Gasteiger partial charge is 0.383 e. The molecular weight excluding hydrogens is 250 g/mol. The summed E-state index contributed by atoms with van der Waals surface area (Å²) in [5.74, 6) is 0.703. The van der Waals surface area contributed by atoms with Crippen molar-refractivity contribution < 1.29 is 4.74 Å². The number of methoxy groups -OCH3 is 1. The zero-order valence-electron chi connectivity index (χ0n) is 14.2. The average molecular weight is 285 g/mol. The predicted molar refractivity (Wildman–Crippen MR) is 86.3 cm³/mol. The molecule has 0 radical (unpaired) electrons. The standard InChI is InChI=1S/C16H35N3O/c1-6-19-9-7-8-15(19)12-18(4)16(13-20-5)11-17-10-14(2)3/h14-17H,6-13H2,1-5H3. The van der Waals surface area contributed by atoms with Crippen LogP contribution in [-0.4, -0.2) is 75.4 Å². The second kappa shape index (κ2) is 9.72. The molecule has 2 atom stereocenters. The molecule has 0 bridgehead atoms. The molecule has 0 aliphatic carbocycles. The second-order valence-corrected chi connectivity index (χ2v) is 6.53. The molecule has 1 saturated heterocycles. The summed E-state index contributed by atoms with van der Waals surface area (Å²) in [6.07, 6.45) is 2.70. The van der Waals surface area contributed by atoms with E-state index in [9.17, 15) is 0 Å². The number of likely N-dealkylation sites (N-methyl/N-ethyl adjacent to an activating group) is 2. The minimum absolute atomic E-state index is 0.470. The van der Waals surface area contributed by atoms with Crippen LogP contribution in [0.5, 0.6) is 0 Å². The lowest BCUT2D eigenvalue weighted by Gasteiger charge is -2.33. The maximum atomic E-state index is 5.41. The quantitative estimate of drug-likeness (QED) is 0.661. The van der Waals surface area contributed by atoms with Crippen LogP contribution in [0.25, 0.3) is 0 Å². The van der Waals surface area contributed by atoms with Crippen LogP contribution in [0.1, 0.15) is 33.6 Å². The molecule has 4 heteroatoms. The van der Waals surface area contributed by atoms with E-state index >= 15 is 0 Å². The van der Waals surface area contributed by atoms with Crippen molar-refractivity contribution in [1.82, 2.24) is 15.1 Å². The van der Waals surface area contributed by atoms with Gasteiger partial charge in [0.25, 0.3) is 0 Å². The van der Waals surface area contributed by atoms with Crippen molar-refractivity contribution in [2.75, 3.05) is 53.5 Å². The molecule has 120 valence electrons. The maximum Gasteiger partial charge on any atom is 0.0630 e. The highest BCUT2D eigenvalue weighted by molar-refractivity contribution is 4.83. The van der Waals surface area contributed by atoms with Crippen molar-refractivity contribution in [1.29, 1.82) is 0 Å². The second-order valence-electron chi connectivity index (χ2n) is 6.53. The Balaban J connectivity index is 2.39. The van der Waals surface area contributed by atoms with Gasteiger partial charge in [0.1, 0.15) is 0 Å². The normalized spacial score (nSPS) is 22.1. The van der Waals surface area contributed by atoms with Crippen molar-refractivity contribution >= 4 is 0 Å². The van der Waals surface area contributed by atoms with E-state index in [2.05, 4.69) is 42.9 Å². The Morgan fingerprint density at radius 1 is 1.35 bits per heavy atom. The van der Waals surface area contributed by atoms with Gasteiger partial charge in [-0.15, -0.1) is 0 Å². The Morgan fingerprint density at radius 2 is 2.10 bits per heavy atom. The number of hydrogen-bond donors (Lipinski definition) is 1. The summed E-state index contributed by atoms with van der Waals surface area (Å²) in [6.45, 7) is 13.3. The van der Waals surface area contributed by atoms with E-state index in [1.54, 1.807) is 7.11 Å². The van der Waals surface area contributed by atoms with Crippen LogP contribution in [0, 0.1) is 5.92 Å². The summed E-state index contributed by atoms with van der Waals surface area (Å²) in [5, 5.41) is 3.57. The van der Waals surface area contributed by atoms with Gasteiger partial charge in [0.2, 0.25) is 0 Å². The number of rotatable bonds is 10. The molecule has 1 aliphatic heterocycles. The monoisotopic (exact) mass is 285 g/mol. The van der Waals surface area contributed by atoms with Gasteiger partial charge in [-0.05, 0) is 45.4 Å². The molecule has 1 fully saturated rings. The van der Waals surface area contributed by atoms with Crippen molar-refractivity contribution in [3.63, 3.8) is 0 Å². The first-order valence-corrected chi connectivity index (χ1v) is 8.22. The van der Waals surface area contributed by atoms with Crippen molar-refractivity contribution in [3.8, 4) is 0 Å². The van der Waals surface area contributed by atoms with E-state index in [-0.39, 0.29) is 0 Å². The lowest BCUT2D eigenvalue weighted by molar-refractivity contribution is 0.0872. The fraction of sp³-hybridized carbons (Fsp3) is 1.00. The Labute approximate surface area is 125 Å².